The van der Waals surface area contributed by atoms with Gasteiger partial charge in [-0.05, 0) is 24.3 Å². The normalized spacial score (nSPS) is 11.9. The Balaban J connectivity index is 0.000000214. The Morgan fingerprint density at radius 1 is 0.349 bits per heavy atom. The van der Waals surface area contributed by atoms with E-state index in [2.05, 4.69) is 19.9 Å². The number of aromatic nitrogens is 16. The number of rotatable bonds is 20. The van der Waals surface area contributed by atoms with Gasteiger partial charge in [0.25, 0.3) is 22.2 Å². The van der Waals surface area contributed by atoms with Crippen LogP contribution in [0.5, 0.6) is 11.5 Å². The van der Waals surface area contributed by atoms with Gasteiger partial charge >= 0.3 is 76.1 Å². The molecule has 0 unspecified atom stereocenters. The first kappa shape index (κ1) is 61.3. The van der Waals surface area contributed by atoms with Crippen LogP contribution in [0.2, 0.25) is 0 Å². The Hall–Kier alpha value is -7.80. The van der Waals surface area contributed by atoms with E-state index in [1.165, 1.54) is 118 Å². The minimum absolute atomic E-state index is 0. The van der Waals surface area contributed by atoms with Gasteiger partial charge in [-0.2, -0.15) is 0 Å². The number of hydrogen-bond acceptors (Lipinski definition) is 20. The van der Waals surface area contributed by atoms with Crippen molar-refractivity contribution in [2.75, 3.05) is 26.4 Å². The summed E-state index contributed by atoms with van der Waals surface area (Å²) in [5.41, 5.74) is -2.63. The molecule has 10 rings (SSSR count). The Labute approximate surface area is 495 Å². The first-order valence-corrected chi connectivity index (χ1v) is 27.7. The minimum Gasteiger partial charge on any atom is -0.404 e. The molecule has 35 heteroatoms. The van der Waals surface area contributed by atoms with Crippen LogP contribution in [0.3, 0.4) is 0 Å². The number of fused-ring (bicyclic) bond motifs is 4. The molecule has 0 saturated heterocycles. The zero-order valence-electron chi connectivity index (χ0n) is 46.0. The quantitative estimate of drug-likeness (QED) is 0.0706. The number of benzene rings is 2. The van der Waals surface area contributed by atoms with Crippen molar-refractivity contribution in [3.63, 3.8) is 0 Å². The SMILES string of the molecule is Cn1c(=O)c2c(ncn2CCOP(=O)(OCCn2cnc3c2c(=O)n(C)c(=O)n3C)Oc2ccccc2)n(C)c1=O.Cn1c(=O)c2c(ncn2CCOP(=O)(OCCn2cnc3c2c(=O)n(C)c(=O)n3C)Oc2ccccc2)n(C)c1=O.[Ca+2]. The molecule has 0 spiro atoms. The maximum absolute atomic E-state index is 13.7. The summed E-state index contributed by atoms with van der Waals surface area (Å²) in [5, 5.41) is 0. The molecule has 0 atom stereocenters. The Bertz CT molecular complexity index is 4160. The molecule has 0 saturated carbocycles. The molecule has 10 aromatic rings. The molecule has 432 valence electrons. The second kappa shape index (κ2) is 25.0. The molecule has 0 aliphatic carbocycles. The summed E-state index contributed by atoms with van der Waals surface area (Å²) in [4.78, 5) is 116. The second-order valence-corrected chi connectivity index (χ2v) is 21.5. The van der Waals surface area contributed by atoms with E-state index >= 15 is 0 Å². The van der Waals surface area contributed by atoms with Crippen LogP contribution in [0, 0.1) is 0 Å². The molecule has 83 heavy (non-hydrogen) atoms. The fourth-order valence-corrected chi connectivity index (χ4v) is 11.0. The van der Waals surface area contributed by atoms with E-state index in [4.69, 9.17) is 27.1 Å². The van der Waals surface area contributed by atoms with E-state index in [-0.39, 0.29) is 146 Å². The van der Waals surface area contributed by atoms with Crippen LogP contribution in [0.1, 0.15) is 0 Å². The summed E-state index contributed by atoms with van der Waals surface area (Å²) in [7, 11) is 3.06. The topological polar surface area (TPSA) is 337 Å². The molecule has 0 fully saturated rings. The van der Waals surface area contributed by atoms with E-state index in [1.54, 1.807) is 60.7 Å². The van der Waals surface area contributed by atoms with Crippen LogP contribution in [-0.4, -0.2) is 139 Å². The van der Waals surface area contributed by atoms with E-state index in [0.29, 0.717) is 0 Å². The summed E-state index contributed by atoms with van der Waals surface area (Å²) in [6.45, 7) is -0.596. The molecule has 8 heterocycles. The van der Waals surface area contributed by atoms with Crippen molar-refractivity contribution in [1.29, 1.82) is 0 Å². The van der Waals surface area contributed by atoms with Gasteiger partial charge in [-0.25, -0.2) is 48.2 Å². The standard InChI is InChI=1S/2C24H27N8O8P.Ca/c2*1-27-19-17(21(33)29(3)23(27)35)31(14-25-19)10-12-38-41(37,40-16-8-6-5-7-9-16)39-13-11-32-15-26-20-18(32)22(34)30(4)24(36)28(20)2;/h2*5-9,14-15H,10-13H2,1-4H3;/q;;+2. The first-order valence-electron chi connectivity index (χ1n) is 24.8. The van der Waals surface area contributed by atoms with Gasteiger partial charge in [-0.15, -0.1) is 0 Å². The van der Waals surface area contributed by atoms with Crippen molar-refractivity contribution in [2.45, 2.75) is 26.2 Å². The largest absolute Gasteiger partial charge is 2.00 e. The predicted molar refractivity (Wildman–Crippen MR) is 300 cm³/mol. The number of imidazole rings is 4. The van der Waals surface area contributed by atoms with Crippen LogP contribution >= 0.6 is 15.6 Å². The third kappa shape index (κ3) is 12.2. The summed E-state index contributed by atoms with van der Waals surface area (Å²) < 4.78 is 75.9. The van der Waals surface area contributed by atoms with Gasteiger partial charge in [0.2, 0.25) is 0 Å². The molecular weight excluding hydrogens is 1160 g/mol. The van der Waals surface area contributed by atoms with E-state index in [0.717, 1.165) is 18.3 Å². The van der Waals surface area contributed by atoms with Crippen molar-refractivity contribution in [3.05, 3.63) is 169 Å². The smallest absolute Gasteiger partial charge is 0.404 e. The van der Waals surface area contributed by atoms with E-state index in [9.17, 15) is 47.5 Å². The molecule has 0 aliphatic heterocycles. The average molecular weight is 1210 g/mol. The first-order chi connectivity index (χ1) is 39.0. The molecule has 0 amide bonds. The van der Waals surface area contributed by atoms with Gasteiger partial charge in [-0.3, -0.25) is 73.8 Å². The zero-order chi connectivity index (χ0) is 58.9. The van der Waals surface area contributed by atoms with Crippen LogP contribution in [0.4, 0.5) is 0 Å². The zero-order valence-corrected chi connectivity index (χ0v) is 50.0. The summed E-state index contributed by atoms with van der Waals surface area (Å²) in [6.07, 6.45) is 5.54. The van der Waals surface area contributed by atoms with Gasteiger partial charge in [0.1, 0.15) is 11.5 Å². The maximum Gasteiger partial charge on any atom is 2.00 e. The summed E-state index contributed by atoms with van der Waals surface area (Å²) in [5.74, 6) is 0.481. The van der Waals surface area contributed by atoms with Crippen LogP contribution in [0.15, 0.2) is 124 Å². The third-order valence-electron chi connectivity index (χ3n) is 13.1. The van der Waals surface area contributed by atoms with Gasteiger partial charge < -0.3 is 27.3 Å². The van der Waals surface area contributed by atoms with Crippen molar-refractivity contribution in [1.82, 2.24) is 74.7 Å². The Morgan fingerprint density at radius 2 is 0.566 bits per heavy atom. The van der Waals surface area contributed by atoms with Gasteiger partial charge in [-0.1, -0.05) is 36.4 Å². The third-order valence-corrected chi connectivity index (χ3v) is 16.0. The number of hydrogen-bond donors (Lipinski definition) is 0. The molecule has 2 aromatic carbocycles. The minimum atomic E-state index is -4.22. The number of phosphoric ester groups is 2. The monoisotopic (exact) mass is 1210 g/mol. The summed E-state index contributed by atoms with van der Waals surface area (Å²) >= 11 is 0. The van der Waals surface area contributed by atoms with Crippen molar-refractivity contribution in [3.8, 4) is 11.5 Å². The van der Waals surface area contributed by atoms with Crippen molar-refractivity contribution >= 4 is 98.0 Å². The fourth-order valence-electron chi connectivity index (χ4n) is 8.67. The number of para-hydroxylation sites is 2. The average Bonchev–Trinajstić information content (AvgIpc) is 4.52. The second-order valence-electron chi connectivity index (χ2n) is 18.3. The molecular formula is C48H54CaN16O16P2+2. The van der Waals surface area contributed by atoms with E-state index in [1.807, 2.05) is 0 Å². The van der Waals surface area contributed by atoms with Gasteiger partial charge in [0.15, 0.2) is 44.7 Å². The predicted octanol–water partition coefficient (Wildman–Crippen LogP) is -0.178. The van der Waals surface area contributed by atoms with Crippen molar-refractivity contribution in [2.24, 2.45) is 56.4 Å². The van der Waals surface area contributed by atoms with Crippen molar-refractivity contribution < 1.29 is 36.3 Å². The van der Waals surface area contributed by atoms with Gasteiger partial charge in [0.05, 0.1) is 51.7 Å². The van der Waals surface area contributed by atoms with E-state index < -0.39 is 60.6 Å². The molecule has 0 bridgehead atoms. The molecule has 0 radical (unpaired) electrons. The maximum atomic E-state index is 13.7. The Kier molecular flexibility index (Phi) is 18.4. The number of aryl methyl sites for hydroxylation is 4. The number of nitrogens with zero attached hydrogens (tertiary/aromatic N) is 16. The molecule has 0 N–H and O–H groups in total. The molecule has 0 aliphatic rings. The summed E-state index contributed by atoms with van der Waals surface area (Å²) in [6, 6.07) is 16.6. The molecule has 8 aromatic heterocycles. The fraction of sp³-hybridized carbons (Fsp3) is 0.333. The van der Waals surface area contributed by atoms with Crippen LogP contribution < -0.4 is 54.0 Å². The number of phosphoric acid groups is 2. The van der Waals surface area contributed by atoms with Crippen LogP contribution in [-0.2, 0) is 110 Å². The molecule has 32 nitrogen and oxygen atoms in total. The Morgan fingerprint density at radius 3 is 0.783 bits per heavy atom. The van der Waals surface area contributed by atoms with Gasteiger partial charge in [0, 0.05) is 82.6 Å². The van der Waals surface area contributed by atoms with Crippen LogP contribution in [0.25, 0.3) is 44.7 Å².